The van der Waals surface area contributed by atoms with Crippen LogP contribution in [0.5, 0.6) is 0 Å². The third-order valence-corrected chi connectivity index (χ3v) is 2.88. The molecule has 3 nitrogen and oxygen atoms in total. The molecule has 2 atom stereocenters. The van der Waals surface area contributed by atoms with Gasteiger partial charge in [-0.25, -0.2) is 0 Å². The summed E-state index contributed by atoms with van der Waals surface area (Å²) in [4.78, 5) is 10.8. The lowest BCUT2D eigenvalue weighted by molar-refractivity contribution is -0.139. The Labute approximate surface area is 83.4 Å². The van der Waals surface area contributed by atoms with Crippen LogP contribution in [0, 0.1) is 28.6 Å². The summed E-state index contributed by atoms with van der Waals surface area (Å²) in [5, 5.41) is 17.5. The average molecular weight is 191 g/mol. The minimum atomic E-state index is -0.794. The average Bonchev–Trinajstić information content (AvgIpc) is 2.63. The molecule has 0 heterocycles. The predicted molar refractivity (Wildman–Crippen MR) is 52.3 cm³/mol. The third-order valence-electron chi connectivity index (χ3n) is 2.88. The quantitative estimate of drug-likeness (QED) is 0.548. The SMILES string of the molecule is C=CC(C#N)=CC1[C@@H](C(=O)O)C1(C)C. The van der Waals surface area contributed by atoms with Gasteiger partial charge in [-0.3, -0.25) is 4.79 Å². The van der Waals surface area contributed by atoms with E-state index in [2.05, 4.69) is 6.58 Å². The molecular formula is C11H13NO2. The van der Waals surface area contributed by atoms with Gasteiger partial charge in [0.1, 0.15) is 0 Å². The van der Waals surface area contributed by atoms with Crippen LogP contribution in [0.25, 0.3) is 0 Å². The van der Waals surface area contributed by atoms with Gasteiger partial charge in [-0.05, 0) is 11.3 Å². The first kappa shape index (κ1) is 10.5. The van der Waals surface area contributed by atoms with Crippen LogP contribution in [-0.2, 0) is 4.79 Å². The van der Waals surface area contributed by atoms with Gasteiger partial charge in [0.15, 0.2) is 0 Å². The zero-order chi connectivity index (χ0) is 10.9. The van der Waals surface area contributed by atoms with Crippen molar-refractivity contribution in [3.63, 3.8) is 0 Å². The van der Waals surface area contributed by atoms with E-state index in [9.17, 15) is 4.79 Å². The highest BCUT2D eigenvalue weighted by molar-refractivity contribution is 5.76. The van der Waals surface area contributed by atoms with Crippen molar-refractivity contribution >= 4 is 5.97 Å². The molecule has 1 rings (SSSR count). The van der Waals surface area contributed by atoms with Crippen LogP contribution in [0.2, 0.25) is 0 Å². The first-order valence-corrected chi connectivity index (χ1v) is 4.42. The van der Waals surface area contributed by atoms with Crippen LogP contribution < -0.4 is 0 Å². The van der Waals surface area contributed by atoms with E-state index in [1.807, 2.05) is 19.9 Å². The second kappa shape index (κ2) is 3.30. The van der Waals surface area contributed by atoms with Crippen molar-refractivity contribution in [3.8, 4) is 6.07 Å². The van der Waals surface area contributed by atoms with Crippen LogP contribution in [0.4, 0.5) is 0 Å². The fourth-order valence-electron chi connectivity index (χ4n) is 1.80. The second-order valence-electron chi connectivity index (χ2n) is 4.10. The Bertz CT molecular complexity index is 347. The van der Waals surface area contributed by atoms with E-state index < -0.39 is 5.97 Å². The van der Waals surface area contributed by atoms with Crippen molar-refractivity contribution in [2.24, 2.45) is 17.3 Å². The molecule has 0 aromatic carbocycles. The molecule has 0 aromatic heterocycles. The Kier molecular flexibility index (Phi) is 2.48. The smallest absolute Gasteiger partial charge is 0.307 e. The molecule has 1 unspecified atom stereocenters. The molecule has 0 radical (unpaired) electrons. The molecule has 0 amide bonds. The molecule has 14 heavy (non-hydrogen) atoms. The van der Waals surface area contributed by atoms with Gasteiger partial charge >= 0.3 is 5.97 Å². The summed E-state index contributed by atoms with van der Waals surface area (Å²) >= 11 is 0. The lowest BCUT2D eigenvalue weighted by Crippen LogP contribution is -2.03. The van der Waals surface area contributed by atoms with Gasteiger partial charge in [-0.2, -0.15) is 5.26 Å². The lowest BCUT2D eigenvalue weighted by Gasteiger charge is -1.96. The second-order valence-corrected chi connectivity index (χ2v) is 4.10. The fourth-order valence-corrected chi connectivity index (χ4v) is 1.80. The minimum absolute atomic E-state index is 0.0485. The summed E-state index contributed by atoms with van der Waals surface area (Å²) in [6.07, 6.45) is 3.15. The fraction of sp³-hybridized carbons (Fsp3) is 0.455. The van der Waals surface area contributed by atoms with Crippen molar-refractivity contribution < 1.29 is 9.90 Å². The largest absolute Gasteiger partial charge is 0.481 e. The van der Waals surface area contributed by atoms with E-state index in [-0.39, 0.29) is 17.3 Å². The van der Waals surface area contributed by atoms with Gasteiger partial charge in [0, 0.05) is 5.57 Å². The van der Waals surface area contributed by atoms with E-state index >= 15 is 0 Å². The number of carboxylic acids is 1. The predicted octanol–water partition coefficient (Wildman–Crippen LogP) is 1.98. The Morgan fingerprint density at radius 2 is 2.21 bits per heavy atom. The van der Waals surface area contributed by atoms with Gasteiger partial charge in [0.25, 0.3) is 0 Å². The number of nitriles is 1. The van der Waals surface area contributed by atoms with Crippen LogP contribution in [0.3, 0.4) is 0 Å². The standard InChI is InChI=1S/C11H13NO2/c1-4-7(6-12)5-8-9(10(13)14)11(8,2)3/h4-5,8-9H,1H2,2-3H3,(H,13,14)/t8?,9-/m0/s1. The van der Waals surface area contributed by atoms with Gasteiger partial charge in [0.2, 0.25) is 0 Å². The molecular weight excluding hydrogens is 178 g/mol. The van der Waals surface area contributed by atoms with Gasteiger partial charge < -0.3 is 5.11 Å². The summed E-state index contributed by atoms with van der Waals surface area (Å²) in [5.74, 6) is -1.21. The molecule has 0 aromatic rings. The van der Waals surface area contributed by atoms with Crippen molar-refractivity contribution in [2.45, 2.75) is 13.8 Å². The maximum absolute atomic E-state index is 10.8. The highest BCUT2D eigenvalue weighted by Gasteiger charge is 2.60. The molecule has 74 valence electrons. The summed E-state index contributed by atoms with van der Waals surface area (Å²) < 4.78 is 0. The summed E-state index contributed by atoms with van der Waals surface area (Å²) in [7, 11) is 0. The van der Waals surface area contributed by atoms with Crippen LogP contribution in [0.1, 0.15) is 13.8 Å². The van der Waals surface area contributed by atoms with Crippen LogP contribution in [0.15, 0.2) is 24.3 Å². The van der Waals surface area contributed by atoms with E-state index in [4.69, 9.17) is 10.4 Å². The number of hydrogen-bond donors (Lipinski definition) is 1. The molecule has 0 bridgehead atoms. The van der Waals surface area contributed by atoms with E-state index in [1.165, 1.54) is 6.08 Å². The molecule has 0 aliphatic heterocycles. The zero-order valence-corrected chi connectivity index (χ0v) is 8.32. The van der Waals surface area contributed by atoms with E-state index in [0.717, 1.165) is 0 Å². The van der Waals surface area contributed by atoms with E-state index in [0.29, 0.717) is 5.57 Å². The number of carbonyl (C=O) groups is 1. The number of carboxylic acid groups (broad SMARTS) is 1. The Morgan fingerprint density at radius 1 is 1.64 bits per heavy atom. The molecule has 1 aliphatic rings. The molecule has 1 fully saturated rings. The Balaban J connectivity index is 2.85. The van der Waals surface area contributed by atoms with Crippen molar-refractivity contribution in [3.05, 3.63) is 24.3 Å². The first-order chi connectivity index (χ1) is 6.45. The monoisotopic (exact) mass is 191 g/mol. The van der Waals surface area contributed by atoms with Crippen molar-refractivity contribution in [1.82, 2.24) is 0 Å². The van der Waals surface area contributed by atoms with Gasteiger partial charge in [-0.1, -0.05) is 32.6 Å². The molecule has 1 aliphatic carbocycles. The summed E-state index contributed by atoms with van der Waals surface area (Å²) in [5.41, 5.74) is 0.212. The lowest BCUT2D eigenvalue weighted by atomic mass is 10.1. The number of nitrogens with zero attached hydrogens (tertiary/aromatic N) is 1. The summed E-state index contributed by atoms with van der Waals surface area (Å²) in [6.45, 7) is 7.28. The van der Waals surface area contributed by atoms with Crippen molar-refractivity contribution in [2.75, 3.05) is 0 Å². The number of rotatable bonds is 3. The van der Waals surface area contributed by atoms with Gasteiger partial charge in [-0.15, -0.1) is 0 Å². The maximum Gasteiger partial charge on any atom is 0.307 e. The molecule has 0 saturated heterocycles. The highest BCUT2D eigenvalue weighted by atomic mass is 16.4. The van der Waals surface area contributed by atoms with Crippen molar-refractivity contribution in [1.29, 1.82) is 5.26 Å². The molecule has 0 spiro atoms. The van der Waals surface area contributed by atoms with Gasteiger partial charge in [0.05, 0.1) is 12.0 Å². The molecule has 1 N–H and O–H groups in total. The highest BCUT2D eigenvalue weighted by Crippen LogP contribution is 2.59. The first-order valence-electron chi connectivity index (χ1n) is 4.42. The summed E-state index contributed by atoms with van der Waals surface area (Å²) in [6, 6.07) is 1.97. The zero-order valence-electron chi connectivity index (χ0n) is 8.32. The normalized spacial score (nSPS) is 29.1. The van der Waals surface area contributed by atoms with Crippen LogP contribution in [-0.4, -0.2) is 11.1 Å². The topological polar surface area (TPSA) is 61.1 Å². The van der Waals surface area contributed by atoms with Crippen LogP contribution >= 0.6 is 0 Å². The third kappa shape index (κ3) is 1.56. The number of aliphatic carboxylic acids is 1. The van der Waals surface area contributed by atoms with E-state index in [1.54, 1.807) is 6.08 Å². The number of allylic oxidation sites excluding steroid dienone is 3. The Hall–Kier alpha value is -1.56. The Morgan fingerprint density at radius 3 is 2.50 bits per heavy atom. The molecule has 3 heteroatoms. The minimum Gasteiger partial charge on any atom is -0.481 e. The maximum atomic E-state index is 10.8. The number of hydrogen-bond acceptors (Lipinski definition) is 2. The molecule has 1 saturated carbocycles.